The van der Waals surface area contributed by atoms with Crippen molar-refractivity contribution in [1.82, 2.24) is 4.57 Å². The minimum atomic E-state index is -0.474. The molecule has 0 N–H and O–H groups in total. The molecule has 8 heteroatoms. The van der Waals surface area contributed by atoms with Crippen LogP contribution in [0.2, 0.25) is 0 Å². The van der Waals surface area contributed by atoms with E-state index < -0.39 is 10.8 Å². The average Bonchev–Trinajstić information content (AvgIpc) is 2.90. The largest absolute Gasteiger partial charge is 0.318 e. The number of carbonyl (C=O) groups excluding carboxylic acids is 1. The van der Waals surface area contributed by atoms with Gasteiger partial charge in [0.25, 0.3) is 11.6 Å². The Kier molecular flexibility index (Phi) is 4.91. The number of nitro benzene ring substituents is 1. The summed E-state index contributed by atoms with van der Waals surface area (Å²) >= 11 is 4.91. The van der Waals surface area contributed by atoms with Gasteiger partial charge in [0.15, 0.2) is 4.80 Å². The van der Waals surface area contributed by atoms with E-state index in [2.05, 4.69) is 20.9 Å². The highest BCUT2D eigenvalue weighted by molar-refractivity contribution is 9.10. The molecule has 0 aliphatic carbocycles. The number of hydrogen-bond donors (Lipinski definition) is 0. The van der Waals surface area contributed by atoms with Crippen LogP contribution in [-0.4, -0.2) is 15.4 Å². The smallest absolute Gasteiger partial charge is 0.272 e. The number of thiazole rings is 1. The van der Waals surface area contributed by atoms with Crippen LogP contribution in [-0.2, 0) is 11.8 Å². The van der Waals surface area contributed by atoms with E-state index in [4.69, 9.17) is 0 Å². The Morgan fingerprint density at radius 1 is 1.32 bits per heavy atom. The number of nitro groups is 1. The fraction of sp³-hybridized carbons (Fsp3) is 0.0588. The van der Waals surface area contributed by atoms with E-state index in [1.807, 2.05) is 29.8 Å². The zero-order valence-corrected chi connectivity index (χ0v) is 15.5. The molecule has 1 amide bonds. The molecule has 0 aliphatic rings. The third kappa shape index (κ3) is 3.75. The summed E-state index contributed by atoms with van der Waals surface area (Å²) in [6, 6.07) is 11.9. The molecule has 0 unspecified atom stereocenters. The van der Waals surface area contributed by atoms with Crippen LogP contribution in [0.1, 0.15) is 5.56 Å². The monoisotopic (exact) mass is 417 g/mol. The van der Waals surface area contributed by atoms with Gasteiger partial charge in [-0.3, -0.25) is 14.9 Å². The maximum absolute atomic E-state index is 12.1. The topological polar surface area (TPSA) is 77.5 Å². The standard InChI is InChI=1S/C17H12BrN3O3S/c1-20-16-13(18)6-3-7-14(16)25-17(20)19-15(22)9-8-11-4-2-5-12(10-11)21(23)24/h2-10H,1H3. The van der Waals surface area contributed by atoms with E-state index in [1.54, 1.807) is 12.1 Å². The van der Waals surface area contributed by atoms with Gasteiger partial charge in [-0.25, -0.2) is 0 Å². The second-order valence-electron chi connectivity index (χ2n) is 5.17. The molecule has 3 aromatic rings. The molecule has 0 radical (unpaired) electrons. The lowest BCUT2D eigenvalue weighted by atomic mass is 10.2. The van der Waals surface area contributed by atoms with Gasteiger partial charge in [0.2, 0.25) is 0 Å². The predicted octanol–water partition coefficient (Wildman–Crippen LogP) is 4.05. The molecule has 0 fully saturated rings. The number of amides is 1. The van der Waals surface area contributed by atoms with Gasteiger partial charge >= 0.3 is 0 Å². The van der Waals surface area contributed by atoms with Gasteiger partial charge in [0.1, 0.15) is 0 Å². The highest BCUT2D eigenvalue weighted by Gasteiger charge is 2.07. The summed E-state index contributed by atoms with van der Waals surface area (Å²) in [6.07, 6.45) is 2.82. The van der Waals surface area contributed by atoms with E-state index in [0.29, 0.717) is 10.4 Å². The van der Waals surface area contributed by atoms with Crippen LogP contribution in [0.25, 0.3) is 16.3 Å². The van der Waals surface area contributed by atoms with Gasteiger partial charge in [0.05, 0.1) is 15.1 Å². The maximum Gasteiger partial charge on any atom is 0.272 e. The number of para-hydroxylation sites is 1. The molecule has 1 heterocycles. The minimum Gasteiger partial charge on any atom is -0.318 e. The summed E-state index contributed by atoms with van der Waals surface area (Å²) in [4.78, 5) is 27.1. The molecule has 25 heavy (non-hydrogen) atoms. The Morgan fingerprint density at radius 2 is 2.08 bits per heavy atom. The van der Waals surface area contributed by atoms with Crippen molar-refractivity contribution in [2.45, 2.75) is 0 Å². The third-order valence-corrected chi connectivity index (χ3v) is 5.22. The number of aryl methyl sites for hydroxylation is 1. The Morgan fingerprint density at radius 3 is 2.80 bits per heavy atom. The molecule has 6 nitrogen and oxygen atoms in total. The summed E-state index contributed by atoms with van der Waals surface area (Å²) in [5.74, 6) is -0.426. The lowest BCUT2D eigenvalue weighted by Crippen LogP contribution is -2.12. The lowest BCUT2D eigenvalue weighted by Gasteiger charge is -1.97. The van der Waals surface area contributed by atoms with Crippen LogP contribution in [0.3, 0.4) is 0 Å². The zero-order valence-electron chi connectivity index (χ0n) is 13.0. The van der Waals surface area contributed by atoms with Crippen molar-refractivity contribution in [3.63, 3.8) is 0 Å². The Balaban J connectivity index is 1.91. The van der Waals surface area contributed by atoms with Crippen molar-refractivity contribution in [3.8, 4) is 0 Å². The van der Waals surface area contributed by atoms with E-state index in [1.165, 1.54) is 35.6 Å². The molecule has 3 rings (SSSR count). The highest BCUT2D eigenvalue weighted by Crippen LogP contribution is 2.24. The van der Waals surface area contributed by atoms with Crippen LogP contribution >= 0.6 is 27.3 Å². The van der Waals surface area contributed by atoms with Crippen molar-refractivity contribution in [2.24, 2.45) is 12.0 Å². The highest BCUT2D eigenvalue weighted by atomic mass is 79.9. The molecule has 0 aliphatic heterocycles. The minimum absolute atomic E-state index is 0.0210. The molecule has 0 saturated carbocycles. The number of nitrogens with zero attached hydrogens (tertiary/aromatic N) is 3. The first-order chi connectivity index (χ1) is 12.0. The van der Waals surface area contributed by atoms with Crippen molar-refractivity contribution in [1.29, 1.82) is 0 Å². The van der Waals surface area contributed by atoms with Gasteiger partial charge in [-0.2, -0.15) is 4.99 Å². The SMILES string of the molecule is Cn1c(=NC(=O)C=Cc2cccc([N+](=O)[O-])c2)sc2cccc(Br)c21. The Labute approximate surface area is 155 Å². The van der Waals surface area contributed by atoms with E-state index in [-0.39, 0.29) is 5.69 Å². The summed E-state index contributed by atoms with van der Waals surface area (Å²) in [5, 5.41) is 10.8. The average molecular weight is 418 g/mol. The quantitative estimate of drug-likeness (QED) is 0.366. The predicted molar refractivity (Wildman–Crippen MR) is 101 cm³/mol. The fourth-order valence-corrected chi connectivity index (χ4v) is 4.12. The van der Waals surface area contributed by atoms with E-state index in [0.717, 1.165) is 14.7 Å². The summed E-state index contributed by atoms with van der Waals surface area (Å²) < 4.78 is 3.80. The van der Waals surface area contributed by atoms with Crippen LogP contribution in [0.5, 0.6) is 0 Å². The molecule has 126 valence electrons. The van der Waals surface area contributed by atoms with Gasteiger partial charge in [0, 0.05) is 29.7 Å². The van der Waals surface area contributed by atoms with Crippen LogP contribution in [0.15, 0.2) is 58.0 Å². The van der Waals surface area contributed by atoms with Gasteiger partial charge < -0.3 is 4.57 Å². The normalized spacial score (nSPS) is 12.2. The molecule has 0 spiro atoms. The van der Waals surface area contributed by atoms with Gasteiger partial charge in [-0.1, -0.05) is 29.5 Å². The summed E-state index contributed by atoms with van der Waals surface area (Å²) in [5.41, 5.74) is 1.52. The number of non-ortho nitro benzene ring substituents is 1. The van der Waals surface area contributed by atoms with Crippen LogP contribution < -0.4 is 4.80 Å². The second kappa shape index (κ2) is 7.12. The molecule has 0 atom stereocenters. The molecule has 0 saturated heterocycles. The Hall–Kier alpha value is -2.58. The summed E-state index contributed by atoms with van der Waals surface area (Å²) in [7, 11) is 1.85. The van der Waals surface area contributed by atoms with E-state index >= 15 is 0 Å². The third-order valence-electron chi connectivity index (χ3n) is 3.48. The molecular formula is C17H12BrN3O3S. The number of rotatable bonds is 3. The number of halogens is 1. The van der Waals surface area contributed by atoms with Crippen molar-refractivity contribution < 1.29 is 9.72 Å². The first-order valence-electron chi connectivity index (χ1n) is 7.21. The first kappa shape index (κ1) is 17.2. The molecular weight excluding hydrogens is 406 g/mol. The maximum atomic E-state index is 12.1. The number of fused-ring (bicyclic) bond motifs is 1. The molecule has 1 aromatic heterocycles. The van der Waals surface area contributed by atoms with E-state index in [9.17, 15) is 14.9 Å². The summed E-state index contributed by atoms with van der Waals surface area (Å²) in [6.45, 7) is 0. The zero-order chi connectivity index (χ0) is 18.0. The number of carbonyl (C=O) groups is 1. The van der Waals surface area contributed by atoms with Gasteiger partial charge in [-0.05, 0) is 39.7 Å². The van der Waals surface area contributed by atoms with Gasteiger partial charge in [-0.15, -0.1) is 0 Å². The van der Waals surface area contributed by atoms with Crippen molar-refractivity contribution in [3.05, 3.63) is 73.5 Å². The molecule has 2 aromatic carbocycles. The number of aromatic nitrogens is 1. The lowest BCUT2D eigenvalue weighted by molar-refractivity contribution is -0.384. The van der Waals surface area contributed by atoms with Crippen molar-refractivity contribution >= 4 is 55.2 Å². The first-order valence-corrected chi connectivity index (χ1v) is 8.82. The second-order valence-corrected chi connectivity index (χ2v) is 7.03. The Bertz CT molecular complexity index is 1080. The van der Waals surface area contributed by atoms with Crippen LogP contribution in [0, 0.1) is 10.1 Å². The van der Waals surface area contributed by atoms with Crippen molar-refractivity contribution in [2.75, 3.05) is 0 Å². The number of hydrogen-bond acceptors (Lipinski definition) is 4. The number of benzene rings is 2. The fourth-order valence-electron chi connectivity index (χ4n) is 2.30. The molecule has 0 bridgehead atoms. The van der Waals surface area contributed by atoms with Crippen LogP contribution in [0.4, 0.5) is 5.69 Å².